The summed E-state index contributed by atoms with van der Waals surface area (Å²) in [6.45, 7) is 21.0. The number of anilines is 4. The van der Waals surface area contributed by atoms with Crippen LogP contribution in [0.25, 0.3) is 49.9 Å². The normalized spacial score (nSPS) is 12.8. The van der Waals surface area contributed by atoms with Gasteiger partial charge in [0.2, 0.25) is 0 Å². The highest BCUT2D eigenvalue weighted by Gasteiger charge is 2.32. The third-order valence-electron chi connectivity index (χ3n) is 13.1. The molecule has 0 amide bonds. The van der Waals surface area contributed by atoms with Crippen molar-refractivity contribution in [3.63, 3.8) is 0 Å². The van der Waals surface area contributed by atoms with E-state index in [-0.39, 0.29) is 5.41 Å². The first-order valence-electron chi connectivity index (χ1n) is 23.1. The van der Waals surface area contributed by atoms with E-state index in [0.717, 1.165) is 45.1 Å². The lowest BCUT2D eigenvalue weighted by Gasteiger charge is -2.24. The second-order valence-electron chi connectivity index (χ2n) is 19.5. The number of aryl methyl sites for hydroxylation is 2. The minimum Gasteiger partial charge on any atom is -0.457 e. The number of fused-ring (bicyclic) bond motifs is 4. The Kier molecular flexibility index (Phi) is 10.6. The molecule has 0 atom stereocenters. The third-order valence-corrected chi connectivity index (χ3v) is 13.1. The number of para-hydroxylation sites is 2. The van der Waals surface area contributed by atoms with Crippen LogP contribution in [0, 0.1) is 13.8 Å². The first-order chi connectivity index (χ1) is 31.3. The first-order valence-corrected chi connectivity index (χ1v) is 23.1. The Morgan fingerprint density at radius 3 is 1.95 bits per heavy atom. The van der Waals surface area contributed by atoms with Gasteiger partial charge in [0, 0.05) is 46.0 Å². The van der Waals surface area contributed by atoms with E-state index in [4.69, 9.17) is 9.72 Å². The molecule has 0 saturated heterocycles. The van der Waals surface area contributed by atoms with Gasteiger partial charge in [-0.1, -0.05) is 133 Å². The van der Waals surface area contributed by atoms with Crippen molar-refractivity contribution in [1.82, 2.24) is 9.55 Å². The van der Waals surface area contributed by atoms with Crippen LogP contribution < -0.4 is 14.5 Å². The largest absolute Gasteiger partial charge is 0.457 e. The standard InChI is InChI=1S/C60H58N4O/c1-38(2)49-18-13-19-50(39(3)4)58(49)43-29-30-61-57(34-43)64-54-21-11-10-17-52(54)53-28-27-48(36-56(53)64)65-47-16-12-15-45(35-47)62-37-63(46-32-40(5)31-41(6)33-46)59-51(20-14-22-55(59)62)42-23-25-44(26-24-42)60(7,8)9/h10-36,38-39H,37H2,1-9H3. The molecule has 324 valence electrons. The molecule has 7 aromatic carbocycles. The zero-order valence-corrected chi connectivity index (χ0v) is 39.1. The van der Waals surface area contributed by atoms with Crippen LogP contribution >= 0.6 is 0 Å². The Morgan fingerprint density at radius 1 is 0.554 bits per heavy atom. The average molecular weight is 851 g/mol. The smallest absolute Gasteiger partial charge is 0.138 e. The Morgan fingerprint density at radius 2 is 1.23 bits per heavy atom. The number of nitrogens with zero attached hydrogens (tertiary/aromatic N) is 4. The van der Waals surface area contributed by atoms with Crippen molar-refractivity contribution in [1.29, 1.82) is 0 Å². The molecular formula is C60H58N4O. The van der Waals surface area contributed by atoms with E-state index in [1.807, 2.05) is 6.20 Å². The summed E-state index contributed by atoms with van der Waals surface area (Å²) in [4.78, 5) is 9.91. The maximum absolute atomic E-state index is 6.84. The molecule has 10 rings (SSSR count). The van der Waals surface area contributed by atoms with Gasteiger partial charge in [-0.05, 0) is 136 Å². The van der Waals surface area contributed by atoms with Gasteiger partial charge >= 0.3 is 0 Å². The van der Waals surface area contributed by atoms with Gasteiger partial charge in [-0.3, -0.25) is 4.57 Å². The molecular weight excluding hydrogens is 793 g/mol. The number of pyridine rings is 1. The van der Waals surface area contributed by atoms with Crippen molar-refractivity contribution in [2.24, 2.45) is 0 Å². The zero-order valence-electron chi connectivity index (χ0n) is 39.1. The average Bonchev–Trinajstić information content (AvgIpc) is 3.85. The fraction of sp³-hybridized carbons (Fsp3) is 0.217. The number of benzene rings is 7. The molecule has 5 heteroatoms. The maximum Gasteiger partial charge on any atom is 0.138 e. The topological polar surface area (TPSA) is 33.5 Å². The number of rotatable bonds is 9. The molecule has 1 aliphatic heterocycles. The summed E-state index contributed by atoms with van der Waals surface area (Å²) in [7, 11) is 0. The molecule has 9 aromatic rings. The van der Waals surface area contributed by atoms with Crippen molar-refractivity contribution < 1.29 is 4.74 Å². The fourth-order valence-electron chi connectivity index (χ4n) is 9.93. The van der Waals surface area contributed by atoms with Gasteiger partial charge in [0.1, 0.15) is 24.0 Å². The molecule has 0 fully saturated rings. The molecule has 0 aliphatic carbocycles. The van der Waals surface area contributed by atoms with Crippen molar-refractivity contribution in [2.75, 3.05) is 16.5 Å². The van der Waals surface area contributed by atoms with Crippen LogP contribution in [0.5, 0.6) is 11.5 Å². The third kappa shape index (κ3) is 7.73. The van der Waals surface area contributed by atoms with Crippen LogP contribution in [0.1, 0.15) is 88.1 Å². The fourth-order valence-corrected chi connectivity index (χ4v) is 9.93. The van der Waals surface area contributed by atoms with Gasteiger partial charge < -0.3 is 14.5 Å². The van der Waals surface area contributed by atoms with E-state index >= 15 is 0 Å². The predicted molar refractivity (Wildman–Crippen MR) is 274 cm³/mol. The summed E-state index contributed by atoms with van der Waals surface area (Å²) in [6, 6.07) is 57.4. The van der Waals surface area contributed by atoms with Crippen LogP contribution in [-0.2, 0) is 5.41 Å². The molecule has 3 heterocycles. The van der Waals surface area contributed by atoms with Gasteiger partial charge in [0.25, 0.3) is 0 Å². The van der Waals surface area contributed by atoms with Crippen LogP contribution in [0.15, 0.2) is 164 Å². The van der Waals surface area contributed by atoms with Gasteiger partial charge in [-0.25, -0.2) is 4.98 Å². The quantitative estimate of drug-likeness (QED) is 0.145. The molecule has 5 nitrogen and oxygen atoms in total. The first kappa shape index (κ1) is 41.9. The summed E-state index contributed by atoms with van der Waals surface area (Å²) >= 11 is 0. The minimum atomic E-state index is 0.0812. The molecule has 1 aliphatic rings. The molecule has 0 radical (unpaired) electrons. The van der Waals surface area contributed by atoms with E-state index in [2.05, 4.69) is 234 Å². The number of hydrogen-bond acceptors (Lipinski definition) is 4. The Hall–Kier alpha value is -7.11. The second-order valence-corrected chi connectivity index (χ2v) is 19.5. The number of ether oxygens (including phenoxy) is 1. The molecule has 2 aromatic heterocycles. The lowest BCUT2D eigenvalue weighted by molar-refractivity contribution is 0.483. The summed E-state index contributed by atoms with van der Waals surface area (Å²) in [6.07, 6.45) is 1.96. The summed E-state index contributed by atoms with van der Waals surface area (Å²) in [5.74, 6) is 3.19. The maximum atomic E-state index is 6.84. The van der Waals surface area contributed by atoms with E-state index < -0.39 is 0 Å². The molecule has 0 spiro atoms. The number of aromatic nitrogens is 2. The molecule has 0 saturated carbocycles. The SMILES string of the molecule is Cc1cc(C)cc(N2CN(c3cccc(Oc4ccc5c6ccccc6n(-c6cc(-c7c(C(C)C)cccc7C(C)C)ccn6)c5c4)c3)c3cccc(-c4ccc(C(C)(C)C)cc4)c32)c1. The van der Waals surface area contributed by atoms with E-state index in [0.29, 0.717) is 18.5 Å². The van der Waals surface area contributed by atoms with Crippen LogP contribution in [-0.4, -0.2) is 16.2 Å². The second kappa shape index (κ2) is 16.5. The molecule has 0 unspecified atom stereocenters. The highest BCUT2D eigenvalue weighted by atomic mass is 16.5. The molecule has 0 bridgehead atoms. The highest BCUT2D eigenvalue weighted by molar-refractivity contribution is 6.09. The lowest BCUT2D eigenvalue weighted by Crippen LogP contribution is -2.24. The van der Waals surface area contributed by atoms with Gasteiger partial charge in [-0.15, -0.1) is 0 Å². The van der Waals surface area contributed by atoms with Crippen molar-refractivity contribution in [3.05, 3.63) is 192 Å². The Bertz CT molecular complexity index is 3190. The van der Waals surface area contributed by atoms with Gasteiger partial charge in [-0.2, -0.15) is 0 Å². The monoisotopic (exact) mass is 850 g/mol. The highest BCUT2D eigenvalue weighted by Crippen LogP contribution is 2.50. The molecule has 65 heavy (non-hydrogen) atoms. The van der Waals surface area contributed by atoms with Crippen molar-refractivity contribution in [3.8, 4) is 39.6 Å². The Labute approximate surface area is 384 Å². The van der Waals surface area contributed by atoms with Gasteiger partial charge in [0.15, 0.2) is 0 Å². The van der Waals surface area contributed by atoms with Crippen LogP contribution in [0.4, 0.5) is 22.7 Å². The predicted octanol–water partition coefficient (Wildman–Crippen LogP) is 16.7. The van der Waals surface area contributed by atoms with E-state index in [9.17, 15) is 0 Å². The molecule has 0 N–H and O–H groups in total. The number of hydrogen-bond donors (Lipinski definition) is 0. The van der Waals surface area contributed by atoms with Crippen LogP contribution in [0.2, 0.25) is 0 Å². The minimum absolute atomic E-state index is 0.0812. The van der Waals surface area contributed by atoms with E-state index in [1.54, 1.807) is 0 Å². The van der Waals surface area contributed by atoms with E-state index in [1.165, 1.54) is 66.8 Å². The van der Waals surface area contributed by atoms with Crippen LogP contribution in [0.3, 0.4) is 0 Å². The Balaban J connectivity index is 1.04. The lowest BCUT2D eigenvalue weighted by atomic mass is 9.85. The summed E-state index contributed by atoms with van der Waals surface area (Å²) < 4.78 is 9.13. The zero-order chi connectivity index (χ0) is 45.1. The summed E-state index contributed by atoms with van der Waals surface area (Å²) in [5, 5.41) is 2.34. The summed E-state index contributed by atoms with van der Waals surface area (Å²) in [5.41, 5.74) is 18.3. The van der Waals surface area contributed by atoms with Gasteiger partial charge in [0.05, 0.1) is 22.4 Å². The van der Waals surface area contributed by atoms with Crippen molar-refractivity contribution >= 4 is 44.6 Å². The van der Waals surface area contributed by atoms with Crippen molar-refractivity contribution in [2.45, 2.75) is 79.6 Å².